The van der Waals surface area contributed by atoms with E-state index in [-0.39, 0.29) is 28.1 Å². The number of aliphatic hydroxyl groups excluding tert-OH is 1. The van der Waals surface area contributed by atoms with Crippen LogP contribution in [0.3, 0.4) is 0 Å². The number of ether oxygens (including phenoxy) is 2. The van der Waals surface area contributed by atoms with Gasteiger partial charge in [-0.25, -0.2) is 0 Å². The van der Waals surface area contributed by atoms with Crippen LogP contribution in [0.25, 0.3) is 0 Å². The van der Waals surface area contributed by atoms with E-state index >= 15 is 0 Å². The normalized spacial score (nSPS) is 50.1. The lowest BCUT2D eigenvalue weighted by molar-refractivity contribution is -0.168. The molecule has 34 heavy (non-hydrogen) atoms. The van der Waals surface area contributed by atoms with Gasteiger partial charge in [0, 0.05) is 23.9 Å². The molecule has 0 aromatic rings. The highest BCUT2D eigenvalue weighted by Crippen LogP contribution is 2.77. The van der Waals surface area contributed by atoms with Gasteiger partial charge in [0.15, 0.2) is 0 Å². The molecule has 4 fully saturated rings. The minimum atomic E-state index is -0.282. The first kappa shape index (κ1) is 25.0. The molecule has 0 aromatic heterocycles. The van der Waals surface area contributed by atoms with Crippen molar-refractivity contribution in [2.24, 2.45) is 45.3 Å². The third kappa shape index (κ3) is 2.99. The van der Waals surface area contributed by atoms with Crippen molar-refractivity contribution in [2.45, 2.75) is 111 Å². The van der Waals surface area contributed by atoms with Crippen molar-refractivity contribution >= 4 is 0 Å². The quantitative estimate of drug-likeness (QED) is 0.442. The van der Waals surface area contributed by atoms with E-state index in [0.29, 0.717) is 28.6 Å². The van der Waals surface area contributed by atoms with E-state index in [1.165, 1.54) is 25.7 Å². The zero-order valence-corrected chi connectivity index (χ0v) is 23.1. The Morgan fingerprint density at radius 3 is 2.53 bits per heavy atom. The Balaban J connectivity index is 1.44. The maximum Gasteiger partial charge on any atom is 0.0972 e. The van der Waals surface area contributed by atoms with Crippen molar-refractivity contribution in [1.82, 2.24) is 0 Å². The van der Waals surface area contributed by atoms with Crippen LogP contribution < -0.4 is 0 Å². The SMILES string of the molecule is COC(C)(C)C=CC[C@@H](C)[C@H]1CC[C@@]2(C)[C@@H]3C=C[C@@]45OC[C@]3(CC[C@]12C)[C@@H]4CC[C@H](O)C5(C)C. The number of allylic oxidation sites excluding steroid dienone is 2. The second kappa shape index (κ2) is 7.68. The molecule has 1 N–H and O–H groups in total. The second-order valence-electron chi connectivity index (χ2n) is 14.4. The number of hydrogen-bond donors (Lipinski definition) is 1. The lowest BCUT2D eigenvalue weighted by Crippen LogP contribution is -2.64. The van der Waals surface area contributed by atoms with Gasteiger partial charge in [0.1, 0.15) is 0 Å². The molecule has 1 heterocycles. The second-order valence-corrected chi connectivity index (χ2v) is 14.4. The van der Waals surface area contributed by atoms with Crippen LogP contribution in [0.5, 0.6) is 0 Å². The fourth-order valence-corrected chi connectivity index (χ4v) is 10.00. The summed E-state index contributed by atoms with van der Waals surface area (Å²) < 4.78 is 12.4. The van der Waals surface area contributed by atoms with Gasteiger partial charge in [-0.2, -0.15) is 0 Å². The van der Waals surface area contributed by atoms with E-state index in [9.17, 15) is 5.11 Å². The Hall–Kier alpha value is -0.640. The molecular weight excluding hydrogens is 420 g/mol. The zero-order chi connectivity index (χ0) is 24.8. The minimum Gasteiger partial charge on any atom is -0.392 e. The van der Waals surface area contributed by atoms with Crippen molar-refractivity contribution in [2.75, 3.05) is 13.7 Å². The van der Waals surface area contributed by atoms with Gasteiger partial charge in [0.2, 0.25) is 0 Å². The fraction of sp³-hybridized carbons (Fsp3) is 0.871. The standard InChI is InChI=1S/C31H50O3/c1-21(10-9-15-26(2,3)33-8)22-13-16-29(7)23-14-17-31-24(11-12-25(32)27(31,4)5)30(23,20-34-31)19-18-28(22,29)6/h9,14-15,17,21-25,32H,10-13,16,18-20H2,1-8H3/t21-,22-,23+,24+,25+,28-,29+,30+,31-/m1/s1. The molecule has 3 nitrogen and oxygen atoms in total. The first-order valence-electron chi connectivity index (χ1n) is 14.0. The summed E-state index contributed by atoms with van der Waals surface area (Å²) in [6.45, 7) is 17.4. The summed E-state index contributed by atoms with van der Waals surface area (Å²) in [5, 5.41) is 10.9. The fourth-order valence-electron chi connectivity index (χ4n) is 10.00. The van der Waals surface area contributed by atoms with Crippen LogP contribution in [-0.2, 0) is 9.47 Å². The van der Waals surface area contributed by atoms with Gasteiger partial charge < -0.3 is 14.6 Å². The zero-order valence-electron chi connectivity index (χ0n) is 23.1. The van der Waals surface area contributed by atoms with Crippen LogP contribution in [0.1, 0.15) is 93.4 Å². The third-order valence-corrected chi connectivity index (χ3v) is 12.6. The number of aliphatic hydroxyl groups is 1. The highest BCUT2D eigenvalue weighted by molar-refractivity contribution is 5.33. The average molecular weight is 471 g/mol. The Bertz CT molecular complexity index is 872. The molecule has 2 bridgehead atoms. The Labute approximate surface area is 208 Å². The van der Waals surface area contributed by atoms with E-state index in [4.69, 9.17) is 9.47 Å². The molecule has 1 aliphatic heterocycles. The lowest BCUT2D eigenvalue weighted by Gasteiger charge is -2.65. The molecule has 0 aromatic carbocycles. The summed E-state index contributed by atoms with van der Waals surface area (Å²) >= 11 is 0. The van der Waals surface area contributed by atoms with Crippen molar-refractivity contribution in [3.8, 4) is 0 Å². The summed E-state index contributed by atoms with van der Waals surface area (Å²) in [6, 6.07) is 0. The molecule has 1 saturated heterocycles. The highest BCUT2D eigenvalue weighted by Gasteiger charge is 2.75. The lowest BCUT2D eigenvalue weighted by atomic mass is 9.38. The van der Waals surface area contributed by atoms with Crippen molar-refractivity contribution in [3.63, 3.8) is 0 Å². The van der Waals surface area contributed by atoms with Gasteiger partial charge in [-0.05, 0) is 87.4 Å². The Kier molecular flexibility index (Phi) is 5.66. The van der Waals surface area contributed by atoms with Gasteiger partial charge in [0.05, 0.1) is 23.9 Å². The van der Waals surface area contributed by atoms with E-state index in [1.54, 1.807) is 7.11 Å². The van der Waals surface area contributed by atoms with Crippen LogP contribution in [0.2, 0.25) is 0 Å². The maximum atomic E-state index is 10.9. The van der Waals surface area contributed by atoms with Gasteiger partial charge >= 0.3 is 0 Å². The Morgan fingerprint density at radius 2 is 1.82 bits per heavy atom. The van der Waals surface area contributed by atoms with Gasteiger partial charge in [-0.1, -0.05) is 58.9 Å². The molecule has 3 heteroatoms. The summed E-state index contributed by atoms with van der Waals surface area (Å²) in [5.74, 6) is 2.58. The number of methoxy groups -OCH3 is 1. The number of hydrogen-bond acceptors (Lipinski definition) is 3. The first-order chi connectivity index (χ1) is 15.8. The van der Waals surface area contributed by atoms with Gasteiger partial charge in [-0.15, -0.1) is 0 Å². The predicted molar refractivity (Wildman–Crippen MR) is 138 cm³/mol. The van der Waals surface area contributed by atoms with Crippen LogP contribution in [0, 0.1) is 45.3 Å². The van der Waals surface area contributed by atoms with Crippen LogP contribution in [-0.4, -0.2) is 36.1 Å². The molecule has 0 unspecified atom stereocenters. The third-order valence-electron chi connectivity index (χ3n) is 12.6. The van der Waals surface area contributed by atoms with Crippen LogP contribution in [0.4, 0.5) is 0 Å². The summed E-state index contributed by atoms with van der Waals surface area (Å²) in [5.41, 5.74) is 0.238. The van der Waals surface area contributed by atoms with E-state index in [0.717, 1.165) is 31.8 Å². The van der Waals surface area contributed by atoms with Crippen molar-refractivity contribution < 1.29 is 14.6 Å². The molecular formula is C31H50O3. The minimum absolute atomic E-state index is 0.186. The molecule has 192 valence electrons. The van der Waals surface area contributed by atoms with Gasteiger partial charge in [0.25, 0.3) is 0 Å². The molecule has 5 rings (SSSR count). The summed E-state index contributed by atoms with van der Waals surface area (Å²) in [6.07, 6.45) is 17.8. The molecule has 9 atom stereocenters. The number of fused-ring (bicyclic) bond motifs is 2. The van der Waals surface area contributed by atoms with Crippen LogP contribution >= 0.6 is 0 Å². The molecule has 5 aliphatic rings. The molecule has 0 amide bonds. The average Bonchev–Trinajstić information content (AvgIpc) is 3.17. The van der Waals surface area contributed by atoms with Crippen molar-refractivity contribution in [3.05, 3.63) is 24.3 Å². The topological polar surface area (TPSA) is 38.7 Å². The Morgan fingerprint density at radius 1 is 1.09 bits per heavy atom. The number of rotatable bonds is 5. The monoisotopic (exact) mass is 470 g/mol. The van der Waals surface area contributed by atoms with Crippen molar-refractivity contribution in [1.29, 1.82) is 0 Å². The summed E-state index contributed by atoms with van der Waals surface area (Å²) in [7, 11) is 1.79. The maximum absolute atomic E-state index is 10.9. The molecule has 1 spiro atoms. The smallest absolute Gasteiger partial charge is 0.0972 e. The molecule has 0 radical (unpaired) electrons. The van der Waals surface area contributed by atoms with Crippen LogP contribution in [0.15, 0.2) is 24.3 Å². The first-order valence-corrected chi connectivity index (χ1v) is 14.0. The van der Waals surface area contributed by atoms with E-state index in [1.807, 2.05) is 0 Å². The predicted octanol–water partition coefficient (Wildman–Crippen LogP) is 6.95. The summed E-state index contributed by atoms with van der Waals surface area (Å²) in [4.78, 5) is 0. The molecule has 3 saturated carbocycles. The van der Waals surface area contributed by atoms with E-state index < -0.39 is 0 Å². The van der Waals surface area contributed by atoms with Gasteiger partial charge in [-0.3, -0.25) is 0 Å². The largest absolute Gasteiger partial charge is 0.392 e. The van der Waals surface area contributed by atoms with E-state index in [2.05, 4.69) is 72.8 Å². The molecule has 4 aliphatic carbocycles. The highest BCUT2D eigenvalue weighted by atomic mass is 16.5.